The van der Waals surface area contributed by atoms with Gasteiger partial charge in [0.05, 0.1) is 19.7 Å². The van der Waals surface area contributed by atoms with E-state index in [1.807, 2.05) is 54.6 Å². The van der Waals surface area contributed by atoms with Crippen molar-refractivity contribution in [3.8, 4) is 5.75 Å². The molecular formula is C29H32BrN3O3. The van der Waals surface area contributed by atoms with Gasteiger partial charge in [0, 0.05) is 15.7 Å². The summed E-state index contributed by atoms with van der Waals surface area (Å²) in [6.45, 7) is 6.97. The third-order valence-corrected chi connectivity index (χ3v) is 6.93. The molecule has 2 amide bonds. The zero-order chi connectivity index (χ0) is 25.8. The number of para-hydroxylation sites is 1. The first-order valence-corrected chi connectivity index (χ1v) is 13.1. The Labute approximate surface area is 220 Å². The fraction of sp³-hybridized carbons (Fsp3) is 0.345. The van der Waals surface area contributed by atoms with Gasteiger partial charge in [-0.25, -0.2) is 4.99 Å². The maximum absolute atomic E-state index is 13.9. The highest BCUT2D eigenvalue weighted by Crippen LogP contribution is 2.34. The van der Waals surface area contributed by atoms with E-state index < -0.39 is 6.04 Å². The summed E-state index contributed by atoms with van der Waals surface area (Å²) in [4.78, 5) is 32.9. The second-order valence-corrected chi connectivity index (χ2v) is 10.5. The fourth-order valence-corrected chi connectivity index (χ4v) is 4.84. The summed E-state index contributed by atoms with van der Waals surface area (Å²) in [5.41, 5.74) is 3.08. The highest BCUT2D eigenvalue weighted by atomic mass is 79.9. The van der Waals surface area contributed by atoms with E-state index in [2.05, 4.69) is 40.1 Å². The van der Waals surface area contributed by atoms with Crippen LogP contribution in [0.1, 0.15) is 38.3 Å². The van der Waals surface area contributed by atoms with Crippen LogP contribution in [0.4, 0.5) is 5.69 Å². The number of hydrogen-bond donors (Lipinski definition) is 1. The van der Waals surface area contributed by atoms with Gasteiger partial charge in [-0.3, -0.25) is 9.59 Å². The Balaban J connectivity index is 1.74. The molecule has 0 bridgehead atoms. The zero-order valence-corrected chi connectivity index (χ0v) is 22.8. The number of amides is 2. The SMILES string of the molecule is COc1ccc2cc(Br)ccc2c1CN1C(=O)C(=NC(=O)[C@H](C)NCC(C)C)CCc2ccccc21. The highest BCUT2D eigenvalue weighted by Gasteiger charge is 2.29. The second kappa shape index (κ2) is 11.4. The lowest BCUT2D eigenvalue weighted by atomic mass is 10.0. The van der Waals surface area contributed by atoms with Crippen LogP contribution >= 0.6 is 15.9 Å². The van der Waals surface area contributed by atoms with Crippen LogP contribution < -0.4 is 15.0 Å². The van der Waals surface area contributed by atoms with Crippen molar-refractivity contribution < 1.29 is 14.3 Å². The minimum atomic E-state index is -0.455. The summed E-state index contributed by atoms with van der Waals surface area (Å²) in [6, 6.07) is 17.5. The first-order valence-electron chi connectivity index (χ1n) is 12.3. The molecule has 3 aromatic carbocycles. The number of ether oxygens (including phenoxy) is 1. The molecule has 188 valence electrons. The summed E-state index contributed by atoms with van der Waals surface area (Å²) >= 11 is 3.54. The predicted octanol–water partition coefficient (Wildman–Crippen LogP) is 5.69. The third kappa shape index (κ3) is 5.68. The van der Waals surface area contributed by atoms with Crippen LogP contribution in [0.3, 0.4) is 0 Å². The number of halogens is 1. The Bertz CT molecular complexity index is 1320. The first kappa shape index (κ1) is 26.0. The molecule has 1 aliphatic heterocycles. The monoisotopic (exact) mass is 549 g/mol. The van der Waals surface area contributed by atoms with Crippen molar-refractivity contribution in [2.75, 3.05) is 18.6 Å². The molecule has 0 fully saturated rings. The van der Waals surface area contributed by atoms with Gasteiger partial charge in [0.1, 0.15) is 11.5 Å². The van der Waals surface area contributed by atoms with E-state index in [9.17, 15) is 9.59 Å². The number of fused-ring (bicyclic) bond motifs is 2. The maximum atomic E-state index is 13.9. The third-order valence-electron chi connectivity index (χ3n) is 6.44. The predicted molar refractivity (Wildman–Crippen MR) is 149 cm³/mol. The topological polar surface area (TPSA) is 71.0 Å². The van der Waals surface area contributed by atoms with Gasteiger partial charge in [-0.15, -0.1) is 0 Å². The van der Waals surface area contributed by atoms with Gasteiger partial charge in [0.15, 0.2) is 0 Å². The lowest BCUT2D eigenvalue weighted by molar-refractivity contribution is -0.120. The number of rotatable bonds is 7. The summed E-state index contributed by atoms with van der Waals surface area (Å²) in [6.07, 6.45) is 1.05. The maximum Gasteiger partial charge on any atom is 0.273 e. The van der Waals surface area contributed by atoms with Crippen molar-refractivity contribution in [1.29, 1.82) is 0 Å². The summed E-state index contributed by atoms with van der Waals surface area (Å²) in [7, 11) is 1.64. The molecule has 0 unspecified atom stereocenters. The van der Waals surface area contributed by atoms with Crippen molar-refractivity contribution in [2.24, 2.45) is 10.9 Å². The lowest BCUT2D eigenvalue weighted by Crippen LogP contribution is -2.39. The molecule has 7 heteroatoms. The van der Waals surface area contributed by atoms with E-state index in [0.29, 0.717) is 37.6 Å². The second-order valence-electron chi connectivity index (χ2n) is 9.55. The minimum Gasteiger partial charge on any atom is -0.496 e. The van der Waals surface area contributed by atoms with E-state index in [4.69, 9.17) is 4.74 Å². The van der Waals surface area contributed by atoms with Crippen molar-refractivity contribution in [2.45, 2.75) is 46.2 Å². The molecule has 0 radical (unpaired) electrons. The van der Waals surface area contributed by atoms with Crippen LogP contribution in [0.5, 0.6) is 5.75 Å². The highest BCUT2D eigenvalue weighted by molar-refractivity contribution is 9.10. The van der Waals surface area contributed by atoms with Crippen LogP contribution in [0.15, 0.2) is 64.1 Å². The quantitative estimate of drug-likeness (QED) is 0.410. The van der Waals surface area contributed by atoms with Gasteiger partial charge in [-0.2, -0.15) is 0 Å². The van der Waals surface area contributed by atoms with Gasteiger partial charge in [0.25, 0.3) is 11.8 Å². The van der Waals surface area contributed by atoms with E-state index >= 15 is 0 Å². The number of hydrogen-bond acceptors (Lipinski definition) is 4. The number of carbonyl (C=O) groups excluding carboxylic acids is 2. The average Bonchev–Trinajstić information content (AvgIpc) is 2.99. The van der Waals surface area contributed by atoms with Gasteiger partial charge >= 0.3 is 0 Å². The molecule has 0 aliphatic carbocycles. The molecule has 6 nitrogen and oxygen atoms in total. The molecular weight excluding hydrogens is 518 g/mol. The number of anilines is 1. The van der Waals surface area contributed by atoms with E-state index in [1.54, 1.807) is 18.9 Å². The van der Waals surface area contributed by atoms with E-state index in [0.717, 1.165) is 32.1 Å². The first-order chi connectivity index (χ1) is 17.3. The fourth-order valence-electron chi connectivity index (χ4n) is 4.46. The van der Waals surface area contributed by atoms with Gasteiger partial charge in [0.2, 0.25) is 0 Å². The molecule has 1 N–H and O–H groups in total. The summed E-state index contributed by atoms with van der Waals surface area (Å²) in [5.74, 6) is 0.548. The number of aryl methyl sites for hydroxylation is 1. The lowest BCUT2D eigenvalue weighted by Gasteiger charge is -2.25. The summed E-state index contributed by atoms with van der Waals surface area (Å²) < 4.78 is 6.69. The van der Waals surface area contributed by atoms with Crippen molar-refractivity contribution >= 4 is 49.9 Å². The number of benzene rings is 3. The minimum absolute atomic E-state index is 0.250. The standard InChI is InChI=1S/C29H32BrN3O3/c1-18(2)16-31-19(3)28(34)32-25-13-9-20-7-5-6-8-26(20)33(29(25)35)17-24-23-12-11-22(30)15-21(23)10-14-27(24)36-4/h5-8,10-12,14-15,18-19,31H,9,13,16-17H2,1-4H3/t19-/m0/s1. The number of carbonyl (C=O) groups is 2. The normalized spacial score (nSPS) is 15.8. The molecule has 4 rings (SSSR count). The number of methoxy groups -OCH3 is 1. The molecule has 0 saturated carbocycles. The Morgan fingerprint density at radius 2 is 1.89 bits per heavy atom. The average molecular weight is 550 g/mol. The molecule has 36 heavy (non-hydrogen) atoms. The van der Waals surface area contributed by atoms with Crippen molar-refractivity contribution in [3.05, 3.63) is 70.2 Å². The van der Waals surface area contributed by atoms with Gasteiger partial charge in [-0.1, -0.05) is 60.1 Å². The van der Waals surface area contributed by atoms with Crippen molar-refractivity contribution in [1.82, 2.24) is 5.32 Å². The van der Waals surface area contributed by atoms with Gasteiger partial charge < -0.3 is 15.0 Å². The molecule has 1 aliphatic rings. The molecule has 0 saturated heterocycles. The van der Waals surface area contributed by atoms with Crippen LogP contribution in [0.25, 0.3) is 10.8 Å². The number of aliphatic imine (C=N–C) groups is 1. The zero-order valence-electron chi connectivity index (χ0n) is 21.2. The number of nitrogens with zero attached hydrogens (tertiary/aromatic N) is 2. The van der Waals surface area contributed by atoms with Crippen LogP contribution in [-0.2, 0) is 22.6 Å². The van der Waals surface area contributed by atoms with E-state index in [-0.39, 0.29) is 17.5 Å². The smallest absolute Gasteiger partial charge is 0.273 e. The Hall–Kier alpha value is -3.03. The Morgan fingerprint density at radius 1 is 1.11 bits per heavy atom. The molecule has 1 atom stereocenters. The summed E-state index contributed by atoms with van der Waals surface area (Å²) in [5, 5.41) is 5.26. The molecule has 0 aromatic heterocycles. The number of nitrogens with one attached hydrogen (secondary N) is 1. The van der Waals surface area contributed by atoms with Crippen LogP contribution in [0, 0.1) is 5.92 Å². The van der Waals surface area contributed by atoms with Crippen molar-refractivity contribution in [3.63, 3.8) is 0 Å². The van der Waals surface area contributed by atoms with Crippen LogP contribution in [-0.4, -0.2) is 37.2 Å². The molecule has 0 spiro atoms. The Kier molecular flexibility index (Phi) is 8.21. The molecule has 1 heterocycles. The largest absolute Gasteiger partial charge is 0.496 e. The van der Waals surface area contributed by atoms with Gasteiger partial charge in [-0.05, 0) is 72.8 Å². The Morgan fingerprint density at radius 3 is 2.64 bits per heavy atom. The molecule has 3 aromatic rings. The van der Waals surface area contributed by atoms with E-state index in [1.165, 1.54) is 0 Å². The van der Waals surface area contributed by atoms with Crippen LogP contribution in [0.2, 0.25) is 0 Å².